The zero-order chi connectivity index (χ0) is 43.2. The SMILES string of the molecule is CC(Oc1ccccc1)c1ccc(C(=O)O)cc1Cl.Cc1cc(=O)c(CN)c(C)[nH]1.Cc1cc(=O)c(CNC(=O)c2ccc(C(C)Oc3ccccc3)c(Cl)c2)c(C)[nH]1. The molecule has 11 nitrogen and oxygen atoms in total. The van der Waals surface area contributed by atoms with Crippen molar-refractivity contribution in [3.63, 3.8) is 0 Å². The molecule has 59 heavy (non-hydrogen) atoms. The lowest BCUT2D eigenvalue weighted by Gasteiger charge is -2.17. The van der Waals surface area contributed by atoms with E-state index in [1.165, 1.54) is 18.2 Å². The summed E-state index contributed by atoms with van der Waals surface area (Å²) >= 11 is 12.5. The summed E-state index contributed by atoms with van der Waals surface area (Å²) in [5, 5.41) is 12.5. The van der Waals surface area contributed by atoms with Gasteiger partial charge in [0.15, 0.2) is 10.9 Å². The molecule has 2 heterocycles. The molecule has 13 heteroatoms. The summed E-state index contributed by atoms with van der Waals surface area (Å²) in [6.45, 7) is 11.6. The number of aromatic carboxylic acids is 1. The molecule has 1 amide bonds. The molecule has 0 bridgehead atoms. The lowest BCUT2D eigenvalue weighted by molar-refractivity contribution is 0.0696. The van der Waals surface area contributed by atoms with Crippen LogP contribution in [0.15, 0.2) is 119 Å². The first-order valence-corrected chi connectivity index (χ1v) is 19.5. The summed E-state index contributed by atoms with van der Waals surface area (Å²) in [7, 11) is 0. The number of hydrogen-bond acceptors (Lipinski definition) is 7. The van der Waals surface area contributed by atoms with Gasteiger partial charge in [0.2, 0.25) is 0 Å². The van der Waals surface area contributed by atoms with E-state index in [2.05, 4.69) is 15.3 Å². The molecule has 0 spiro atoms. The van der Waals surface area contributed by atoms with Crippen molar-refractivity contribution < 1.29 is 24.2 Å². The van der Waals surface area contributed by atoms with Crippen LogP contribution in [0.1, 0.15) is 91.8 Å². The highest BCUT2D eigenvalue weighted by Gasteiger charge is 2.16. The van der Waals surface area contributed by atoms with Gasteiger partial charge in [0.25, 0.3) is 5.91 Å². The number of ether oxygens (including phenoxy) is 2. The summed E-state index contributed by atoms with van der Waals surface area (Å²) in [4.78, 5) is 52.8. The van der Waals surface area contributed by atoms with Crippen molar-refractivity contribution in [1.29, 1.82) is 0 Å². The van der Waals surface area contributed by atoms with Gasteiger partial charge in [-0.1, -0.05) is 71.7 Å². The lowest BCUT2D eigenvalue weighted by atomic mass is 10.1. The molecule has 2 atom stereocenters. The molecule has 0 saturated carbocycles. The number of carboxylic acid groups (broad SMARTS) is 1. The van der Waals surface area contributed by atoms with E-state index in [1.54, 1.807) is 30.3 Å². The number of carboxylic acids is 1. The molecular weight excluding hydrogens is 791 g/mol. The van der Waals surface area contributed by atoms with Crippen LogP contribution in [0, 0.1) is 27.7 Å². The predicted molar refractivity (Wildman–Crippen MR) is 233 cm³/mol. The number of pyridine rings is 2. The zero-order valence-corrected chi connectivity index (χ0v) is 35.2. The van der Waals surface area contributed by atoms with E-state index in [9.17, 15) is 19.2 Å². The minimum Gasteiger partial charge on any atom is -0.486 e. The van der Waals surface area contributed by atoms with Gasteiger partial charge in [-0.3, -0.25) is 14.4 Å². The van der Waals surface area contributed by atoms with Gasteiger partial charge in [-0.25, -0.2) is 4.79 Å². The molecule has 6 N–H and O–H groups in total. The van der Waals surface area contributed by atoms with Gasteiger partial charge in [0.05, 0.1) is 5.56 Å². The largest absolute Gasteiger partial charge is 0.486 e. The van der Waals surface area contributed by atoms with Crippen LogP contribution in [-0.4, -0.2) is 27.0 Å². The van der Waals surface area contributed by atoms with Gasteiger partial charge >= 0.3 is 5.97 Å². The molecule has 308 valence electrons. The maximum absolute atomic E-state index is 12.5. The standard InChI is InChI=1S/C23H23ClN2O3.C15H13ClO3.C8H12N2O/c1-14-11-22(27)20(15(2)26-14)13-25-23(28)17-9-10-19(21(24)12-17)16(3)29-18-7-5-4-6-8-18;1-10(19-12-5-3-2-4-6-12)13-8-7-11(15(17)18)9-14(13)16;1-5-3-8(11)7(4-9)6(2)10-5/h4-12,16H,13H2,1-3H3,(H,25,28)(H,26,27);2-10H,1H3,(H,17,18);3H,4,9H2,1-2H3,(H,10,11). The molecule has 0 aliphatic carbocycles. The number of hydrogen-bond donors (Lipinski definition) is 5. The lowest BCUT2D eigenvalue weighted by Crippen LogP contribution is -2.27. The Morgan fingerprint density at radius 1 is 0.661 bits per heavy atom. The number of rotatable bonds is 11. The van der Waals surface area contributed by atoms with Gasteiger partial charge in [-0.15, -0.1) is 0 Å². The molecule has 0 aliphatic rings. The third-order valence-electron chi connectivity index (χ3n) is 9.09. The van der Waals surface area contributed by atoms with Crippen LogP contribution in [0.4, 0.5) is 0 Å². The van der Waals surface area contributed by atoms with Crippen molar-refractivity contribution in [3.05, 3.63) is 196 Å². The summed E-state index contributed by atoms with van der Waals surface area (Å²) in [6, 6.07) is 31.7. The van der Waals surface area contributed by atoms with Gasteiger partial charge in [-0.2, -0.15) is 0 Å². The maximum atomic E-state index is 12.5. The van der Waals surface area contributed by atoms with Crippen molar-refractivity contribution >= 4 is 35.1 Å². The van der Waals surface area contributed by atoms with E-state index in [0.717, 1.165) is 45.4 Å². The van der Waals surface area contributed by atoms with E-state index < -0.39 is 5.97 Å². The van der Waals surface area contributed by atoms with Crippen molar-refractivity contribution in [2.45, 2.75) is 66.8 Å². The summed E-state index contributed by atoms with van der Waals surface area (Å²) in [5.41, 5.74) is 12.0. The van der Waals surface area contributed by atoms with Gasteiger partial charge in [0.1, 0.15) is 23.7 Å². The molecule has 2 aromatic heterocycles. The topological polar surface area (TPSA) is 177 Å². The van der Waals surface area contributed by atoms with Gasteiger partial charge in [-0.05, 0) is 90.1 Å². The summed E-state index contributed by atoms with van der Waals surface area (Å²) in [6.07, 6.45) is -0.520. The van der Waals surface area contributed by atoms with E-state index >= 15 is 0 Å². The molecule has 0 saturated heterocycles. The van der Waals surface area contributed by atoms with Crippen LogP contribution in [0.3, 0.4) is 0 Å². The second-order valence-electron chi connectivity index (χ2n) is 13.7. The molecule has 6 rings (SSSR count). The van der Waals surface area contributed by atoms with Gasteiger partial charge < -0.3 is 35.6 Å². The number of aromatic amines is 2. The smallest absolute Gasteiger partial charge is 0.335 e. The van der Waals surface area contributed by atoms with Crippen LogP contribution in [-0.2, 0) is 13.1 Å². The Kier molecular flexibility index (Phi) is 16.7. The van der Waals surface area contributed by atoms with Crippen molar-refractivity contribution in [2.75, 3.05) is 0 Å². The second-order valence-corrected chi connectivity index (χ2v) is 14.5. The number of H-pyrrole nitrogens is 2. The highest BCUT2D eigenvalue weighted by atomic mass is 35.5. The van der Waals surface area contributed by atoms with E-state index in [0.29, 0.717) is 33.3 Å². The normalized spacial score (nSPS) is 11.5. The highest BCUT2D eigenvalue weighted by molar-refractivity contribution is 6.32. The molecule has 4 aromatic carbocycles. The Morgan fingerprint density at radius 3 is 1.49 bits per heavy atom. The zero-order valence-electron chi connectivity index (χ0n) is 33.7. The fourth-order valence-corrected chi connectivity index (χ4v) is 6.69. The first-order valence-electron chi connectivity index (χ1n) is 18.7. The second kappa shape index (κ2) is 21.6. The number of aryl methyl sites for hydroxylation is 4. The molecule has 6 aromatic rings. The third kappa shape index (κ3) is 13.2. The fraction of sp³-hybridized carbons (Fsp3) is 0.217. The third-order valence-corrected chi connectivity index (χ3v) is 9.75. The number of para-hydroxylation sites is 2. The Morgan fingerprint density at radius 2 is 1.08 bits per heavy atom. The minimum atomic E-state index is -0.995. The van der Waals surface area contributed by atoms with Crippen LogP contribution in [0.2, 0.25) is 10.0 Å². The quantitative estimate of drug-likeness (QED) is 0.0857. The van der Waals surface area contributed by atoms with Crippen molar-refractivity contribution in [2.24, 2.45) is 5.73 Å². The van der Waals surface area contributed by atoms with E-state index in [4.69, 9.17) is 43.5 Å². The number of aromatic nitrogens is 2. The number of nitrogens with two attached hydrogens (primary N) is 1. The van der Waals surface area contributed by atoms with Crippen molar-refractivity contribution in [3.8, 4) is 11.5 Å². The summed E-state index contributed by atoms with van der Waals surface area (Å²) in [5.74, 6) is 0.199. The number of carbonyl (C=O) groups excluding carboxylic acids is 1. The average Bonchev–Trinajstić information content (AvgIpc) is 3.18. The van der Waals surface area contributed by atoms with Crippen molar-refractivity contribution in [1.82, 2.24) is 15.3 Å². The highest BCUT2D eigenvalue weighted by Crippen LogP contribution is 2.29. The molecule has 0 fully saturated rings. The molecule has 2 unspecified atom stereocenters. The van der Waals surface area contributed by atoms with Crippen LogP contribution < -0.4 is 31.4 Å². The Hall–Kier alpha value is -6.14. The Bertz CT molecular complexity index is 2490. The average molecular weight is 840 g/mol. The minimum absolute atomic E-state index is 0.0289. The maximum Gasteiger partial charge on any atom is 0.335 e. The number of amides is 1. The van der Waals surface area contributed by atoms with Crippen LogP contribution in [0.5, 0.6) is 11.5 Å². The molecule has 0 radical (unpaired) electrons. The Balaban J connectivity index is 0.000000219. The number of carbonyl (C=O) groups is 2. The van der Waals surface area contributed by atoms with E-state index in [-0.39, 0.29) is 41.1 Å². The number of benzene rings is 4. The van der Waals surface area contributed by atoms with Crippen LogP contribution >= 0.6 is 23.2 Å². The number of nitrogens with one attached hydrogen (secondary N) is 3. The number of halogens is 2. The first-order chi connectivity index (χ1) is 28.1. The van der Waals surface area contributed by atoms with Crippen LogP contribution in [0.25, 0.3) is 0 Å². The molecular formula is C46H48Cl2N4O7. The summed E-state index contributed by atoms with van der Waals surface area (Å²) < 4.78 is 11.6. The first kappa shape index (κ1) is 45.6. The van der Waals surface area contributed by atoms with E-state index in [1.807, 2.05) is 102 Å². The predicted octanol–water partition coefficient (Wildman–Crippen LogP) is 9.34. The monoisotopic (exact) mass is 838 g/mol. The Labute approximate surface area is 353 Å². The van der Waals surface area contributed by atoms with Gasteiger partial charge in [0, 0.05) is 85.9 Å². The molecule has 0 aliphatic heterocycles. The fourth-order valence-electron chi connectivity index (χ4n) is 6.02.